The molecule has 0 radical (unpaired) electrons. The van der Waals surface area contributed by atoms with Crippen LogP contribution in [-0.2, 0) is 0 Å². The first kappa shape index (κ1) is 14.8. The maximum Gasteiger partial charge on any atom is 0.416 e. The van der Waals surface area contributed by atoms with E-state index in [0.717, 1.165) is 0 Å². The highest BCUT2D eigenvalue weighted by Gasteiger charge is 2.38. The summed E-state index contributed by atoms with van der Waals surface area (Å²) in [5, 5.41) is 16.8. The Kier molecular flexibility index (Phi) is 4.29. The van der Waals surface area contributed by atoms with Crippen molar-refractivity contribution in [3.05, 3.63) is 11.4 Å². The van der Waals surface area contributed by atoms with Crippen molar-refractivity contribution in [2.24, 2.45) is 0 Å². The number of anilines is 2. The maximum atomic E-state index is 12.3. The molecule has 0 spiro atoms. The van der Waals surface area contributed by atoms with Gasteiger partial charge in [0.15, 0.2) is 6.10 Å². The lowest BCUT2D eigenvalue weighted by Crippen LogP contribution is -2.35. The van der Waals surface area contributed by atoms with Crippen LogP contribution in [0.15, 0.2) is 11.4 Å². The fourth-order valence-electron chi connectivity index (χ4n) is 1.54. The molecule has 0 bridgehead atoms. The van der Waals surface area contributed by atoms with E-state index in [4.69, 9.17) is 5.11 Å². The minimum atomic E-state index is -4.65. The molecule has 0 aliphatic carbocycles. The smallest absolute Gasteiger partial charge is 0.382 e. The van der Waals surface area contributed by atoms with Gasteiger partial charge in [-0.2, -0.15) is 18.2 Å². The first-order valence-corrected chi connectivity index (χ1v) is 6.77. The summed E-state index contributed by atoms with van der Waals surface area (Å²) in [7, 11) is 0. The maximum absolute atomic E-state index is 12.3. The molecule has 0 aromatic carbocycles. The average Bonchev–Trinajstić information content (AvgIpc) is 2.83. The Morgan fingerprint density at radius 2 is 2.10 bits per heavy atom. The number of fused-ring (bicyclic) bond motifs is 1. The highest BCUT2D eigenvalue weighted by atomic mass is 32.1. The van der Waals surface area contributed by atoms with Crippen molar-refractivity contribution < 1.29 is 18.3 Å². The van der Waals surface area contributed by atoms with Crippen LogP contribution in [0.25, 0.3) is 10.2 Å². The molecule has 0 saturated carbocycles. The van der Waals surface area contributed by atoms with Crippen LogP contribution in [0.5, 0.6) is 0 Å². The molecule has 1 unspecified atom stereocenters. The number of nitrogens with zero attached hydrogens (tertiary/aromatic N) is 2. The zero-order valence-corrected chi connectivity index (χ0v) is 11.3. The largest absolute Gasteiger partial charge is 0.416 e. The minimum absolute atomic E-state index is 0.274. The summed E-state index contributed by atoms with van der Waals surface area (Å²) in [4.78, 5) is 9.01. The predicted octanol–water partition coefficient (Wildman–Crippen LogP) is 2.46. The number of aliphatic hydroxyl groups excluding tert-OH is 1. The van der Waals surface area contributed by atoms with E-state index in [1.54, 1.807) is 11.4 Å². The van der Waals surface area contributed by atoms with Crippen molar-refractivity contribution in [1.29, 1.82) is 0 Å². The van der Waals surface area contributed by atoms with Crippen molar-refractivity contribution in [3.8, 4) is 0 Å². The van der Waals surface area contributed by atoms with Crippen LogP contribution >= 0.6 is 11.3 Å². The summed E-state index contributed by atoms with van der Waals surface area (Å²) < 4.78 is 36.8. The van der Waals surface area contributed by atoms with Crippen molar-refractivity contribution >= 4 is 33.3 Å². The van der Waals surface area contributed by atoms with Crippen molar-refractivity contribution in [2.75, 3.05) is 23.7 Å². The van der Waals surface area contributed by atoms with Gasteiger partial charge >= 0.3 is 6.18 Å². The van der Waals surface area contributed by atoms with Gasteiger partial charge < -0.3 is 15.7 Å². The quantitative estimate of drug-likeness (QED) is 0.791. The Morgan fingerprint density at radius 1 is 1.35 bits per heavy atom. The van der Waals surface area contributed by atoms with Gasteiger partial charge in [0.1, 0.15) is 10.6 Å². The lowest BCUT2D eigenvalue weighted by molar-refractivity contribution is -0.198. The van der Waals surface area contributed by atoms with Gasteiger partial charge in [-0.3, -0.25) is 0 Å². The topological polar surface area (TPSA) is 70.1 Å². The van der Waals surface area contributed by atoms with Crippen molar-refractivity contribution in [3.63, 3.8) is 0 Å². The van der Waals surface area contributed by atoms with Gasteiger partial charge in [0.25, 0.3) is 0 Å². The molecule has 3 N–H and O–H groups in total. The van der Waals surface area contributed by atoms with Gasteiger partial charge in [-0.05, 0) is 18.4 Å². The molecule has 20 heavy (non-hydrogen) atoms. The first-order chi connectivity index (χ1) is 9.41. The van der Waals surface area contributed by atoms with Gasteiger partial charge in [0.2, 0.25) is 5.95 Å². The fourth-order valence-corrected chi connectivity index (χ4v) is 2.30. The van der Waals surface area contributed by atoms with E-state index in [1.807, 2.05) is 6.92 Å². The van der Waals surface area contributed by atoms with E-state index in [2.05, 4.69) is 20.6 Å². The van der Waals surface area contributed by atoms with E-state index in [0.29, 0.717) is 22.7 Å². The molecule has 0 amide bonds. The summed E-state index contributed by atoms with van der Waals surface area (Å²) in [5.74, 6) is 0.613. The number of hydrogen-bond acceptors (Lipinski definition) is 6. The number of halogens is 3. The highest BCUT2D eigenvalue weighted by Crippen LogP contribution is 2.27. The monoisotopic (exact) mass is 306 g/mol. The molecule has 110 valence electrons. The van der Waals surface area contributed by atoms with Crippen LogP contribution < -0.4 is 10.6 Å². The van der Waals surface area contributed by atoms with Crippen molar-refractivity contribution in [2.45, 2.75) is 19.2 Å². The summed E-state index contributed by atoms with van der Waals surface area (Å²) in [6.45, 7) is 1.81. The van der Waals surface area contributed by atoms with Crippen molar-refractivity contribution in [1.82, 2.24) is 9.97 Å². The molecule has 1 atom stereocenters. The zero-order valence-electron chi connectivity index (χ0n) is 10.5. The normalized spacial score (nSPS) is 13.4. The Bertz CT molecular complexity index is 587. The van der Waals surface area contributed by atoms with Crippen LogP contribution in [0.1, 0.15) is 6.92 Å². The van der Waals surface area contributed by atoms with E-state index < -0.39 is 18.8 Å². The summed E-state index contributed by atoms with van der Waals surface area (Å²) >= 11 is 1.37. The zero-order chi connectivity index (χ0) is 14.8. The van der Waals surface area contributed by atoms with Gasteiger partial charge in [0, 0.05) is 6.54 Å². The third-order valence-corrected chi connectivity index (χ3v) is 3.31. The van der Waals surface area contributed by atoms with E-state index in [-0.39, 0.29) is 5.82 Å². The number of nitrogens with one attached hydrogen (secondary N) is 2. The molecular weight excluding hydrogens is 293 g/mol. The third kappa shape index (κ3) is 3.28. The molecule has 5 nitrogen and oxygen atoms in total. The Labute approximate surface area is 116 Å². The standard InChI is InChI=1S/C11H13F3N4OS/c1-2-15-10-17-8(6-3-4-20-9(6)18-10)16-5-7(19)11(12,13)14/h3-4,7,19H,2,5H2,1H3,(H2,15,16,17,18). The van der Waals surface area contributed by atoms with Crippen LogP contribution in [0, 0.1) is 0 Å². The third-order valence-electron chi connectivity index (χ3n) is 2.50. The molecule has 2 aromatic heterocycles. The number of hydrogen-bond donors (Lipinski definition) is 3. The number of thiophene rings is 1. The van der Waals surface area contributed by atoms with Gasteiger partial charge in [-0.25, -0.2) is 4.98 Å². The SMILES string of the molecule is CCNc1nc(NCC(O)C(F)(F)F)c2ccsc2n1. The predicted molar refractivity (Wildman–Crippen MR) is 72.1 cm³/mol. The highest BCUT2D eigenvalue weighted by molar-refractivity contribution is 7.16. The van der Waals surface area contributed by atoms with Crippen LogP contribution in [-0.4, -0.2) is 40.4 Å². The minimum Gasteiger partial charge on any atom is -0.382 e. The molecule has 2 heterocycles. The van der Waals surface area contributed by atoms with Crippen LogP contribution in [0.3, 0.4) is 0 Å². The van der Waals surface area contributed by atoms with E-state index >= 15 is 0 Å². The number of alkyl halides is 3. The Balaban J connectivity index is 2.21. The molecule has 0 aliphatic heterocycles. The number of aliphatic hydroxyl groups is 1. The molecular formula is C11H13F3N4OS. The van der Waals surface area contributed by atoms with Gasteiger partial charge in [-0.1, -0.05) is 0 Å². The fraction of sp³-hybridized carbons (Fsp3) is 0.455. The second-order valence-corrected chi connectivity index (χ2v) is 4.90. The molecule has 0 saturated heterocycles. The summed E-state index contributed by atoms with van der Waals surface area (Å²) in [5.41, 5.74) is 0. The van der Waals surface area contributed by atoms with Crippen LogP contribution in [0.2, 0.25) is 0 Å². The molecule has 0 aliphatic rings. The van der Waals surface area contributed by atoms with Crippen LogP contribution in [0.4, 0.5) is 24.9 Å². The van der Waals surface area contributed by atoms with Gasteiger partial charge in [-0.15, -0.1) is 11.3 Å². The molecule has 2 rings (SSSR count). The summed E-state index contributed by atoms with van der Waals surface area (Å²) in [6, 6.07) is 1.72. The van der Waals surface area contributed by atoms with E-state index in [9.17, 15) is 13.2 Å². The second kappa shape index (κ2) is 5.80. The molecule has 0 fully saturated rings. The van der Waals surface area contributed by atoms with Gasteiger partial charge in [0.05, 0.1) is 11.9 Å². The Hall–Kier alpha value is -1.61. The lowest BCUT2D eigenvalue weighted by atomic mass is 10.3. The second-order valence-electron chi connectivity index (χ2n) is 4.00. The summed E-state index contributed by atoms with van der Waals surface area (Å²) in [6.07, 6.45) is -7.09. The lowest BCUT2D eigenvalue weighted by Gasteiger charge is -2.16. The Morgan fingerprint density at radius 3 is 2.75 bits per heavy atom. The molecule has 9 heteroatoms. The average molecular weight is 306 g/mol. The number of aromatic nitrogens is 2. The van der Waals surface area contributed by atoms with E-state index in [1.165, 1.54) is 11.3 Å². The first-order valence-electron chi connectivity index (χ1n) is 5.89. The molecule has 2 aromatic rings. The number of rotatable bonds is 5.